The molecule has 25 heavy (non-hydrogen) atoms. The summed E-state index contributed by atoms with van der Waals surface area (Å²) in [6, 6.07) is 10.1. The number of pyridine rings is 1. The number of aryl methyl sites for hydroxylation is 1. The third-order valence-electron chi connectivity index (χ3n) is 4.93. The number of benzene rings is 1. The molecule has 1 N–H and O–H groups in total. The van der Waals surface area contributed by atoms with E-state index in [0.717, 1.165) is 38.7 Å². The highest BCUT2D eigenvalue weighted by Gasteiger charge is 2.16. The van der Waals surface area contributed by atoms with Crippen LogP contribution in [0.5, 0.6) is 0 Å². The van der Waals surface area contributed by atoms with Crippen molar-refractivity contribution in [3.8, 4) is 0 Å². The quantitative estimate of drug-likeness (QED) is 0.658. The highest BCUT2D eigenvalue weighted by molar-refractivity contribution is 7.98. The number of H-pyrrole nitrogens is 1. The fraction of sp³-hybridized carbons (Fsp3) is 0.381. The first-order valence-corrected chi connectivity index (χ1v) is 10.5. The van der Waals surface area contributed by atoms with E-state index < -0.39 is 0 Å². The van der Waals surface area contributed by atoms with Gasteiger partial charge >= 0.3 is 0 Å². The van der Waals surface area contributed by atoms with Crippen molar-refractivity contribution >= 4 is 28.9 Å². The lowest BCUT2D eigenvalue weighted by Gasteiger charge is -2.13. The largest absolute Gasteiger partial charge is 0.322 e. The molecule has 1 saturated carbocycles. The van der Waals surface area contributed by atoms with E-state index in [4.69, 9.17) is 11.6 Å². The summed E-state index contributed by atoms with van der Waals surface area (Å²) >= 11 is 8.08. The van der Waals surface area contributed by atoms with E-state index in [0.29, 0.717) is 5.92 Å². The fourth-order valence-electron chi connectivity index (χ4n) is 3.47. The average Bonchev–Trinajstić information content (AvgIpc) is 3.13. The second-order valence-electron chi connectivity index (χ2n) is 6.55. The average molecular weight is 374 g/mol. The number of allylic oxidation sites excluding steroid dienone is 1. The molecule has 2 aromatic rings. The van der Waals surface area contributed by atoms with Crippen LogP contribution in [0, 0.1) is 5.92 Å². The lowest BCUT2D eigenvalue weighted by atomic mass is 9.95. The van der Waals surface area contributed by atoms with Gasteiger partial charge in [0.15, 0.2) is 0 Å². The summed E-state index contributed by atoms with van der Waals surface area (Å²) in [5.74, 6) is 0.573. The van der Waals surface area contributed by atoms with Gasteiger partial charge in [0, 0.05) is 21.7 Å². The van der Waals surface area contributed by atoms with Crippen LogP contribution in [-0.4, -0.2) is 11.2 Å². The van der Waals surface area contributed by atoms with Crippen LogP contribution < -0.4 is 5.56 Å². The third kappa shape index (κ3) is 4.21. The second-order valence-corrected chi connectivity index (χ2v) is 7.81. The fourth-order valence-corrected chi connectivity index (χ4v) is 4.34. The molecule has 132 valence electrons. The molecule has 1 fully saturated rings. The maximum absolute atomic E-state index is 12.3. The van der Waals surface area contributed by atoms with E-state index in [1.807, 2.05) is 31.4 Å². The van der Waals surface area contributed by atoms with E-state index in [1.165, 1.54) is 25.7 Å². The number of nitrogens with one attached hydrogen (secondary N) is 1. The van der Waals surface area contributed by atoms with Gasteiger partial charge in [-0.25, -0.2) is 0 Å². The minimum atomic E-state index is 0.00385. The number of aromatic nitrogens is 1. The number of halogens is 1. The zero-order valence-corrected chi connectivity index (χ0v) is 16.3. The number of hydrogen-bond acceptors (Lipinski definition) is 2. The van der Waals surface area contributed by atoms with Crippen molar-refractivity contribution in [1.82, 2.24) is 4.98 Å². The van der Waals surface area contributed by atoms with Gasteiger partial charge in [-0.15, -0.1) is 11.8 Å². The lowest BCUT2D eigenvalue weighted by Crippen LogP contribution is -2.13. The minimum Gasteiger partial charge on any atom is -0.322 e. The highest BCUT2D eigenvalue weighted by Crippen LogP contribution is 2.34. The number of aromatic amines is 1. The molecule has 0 saturated heterocycles. The summed E-state index contributed by atoms with van der Waals surface area (Å²) in [4.78, 5) is 16.4. The molecule has 3 rings (SSSR count). The number of thioether (sulfide) groups is 1. The Morgan fingerprint density at radius 1 is 1.28 bits per heavy atom. The summed E-state index contributed by atoms with van der Waals surface area (Å²) in [5, 5.41) is 0.759. The van der Waals surface area contributed by atoms with Crippen LogP contribution in [0.4, 0.5) is 0 Å². The first kappa shape index (κ1) is 18.3. The number of hydrogen-bond donors (Lipinski definition) is 1. The smallest absolute Gasteiger partial charge is 0.251 e. The Hall–Kier alpha value is -1.45. The predicted octanol–water partition coefficient (Wildman–Crippen LogP) is 5.93. The van der Waals surface area contributed by atoms with Crippen molar-refractivity contribution in [1.29, 1.82) is 0 Å². The van der Waals surface area contributed by atoms with Crippen molar-refractivity contribution < 1.29 is 0 Å². The molecule has 1 aromatic carbocycles. The number of rotatable bonds is 5. The first-order valence-electron chi connectivity index (χ1n) is 8.90. The molecule has 0 unspecified atom stereocenters. The van der Waals surface area contributed by atoms with E-state index in [2.05, 4.69) is 23.2 Å². The van der Waals surface area contributed by atoms with Crippen LogP contribution in [0.2, 0.25) is 5.02 Å². The Bertz CT molecular complexity index is 834. The molecule has 1 aliphatic rings. The van der Waals surface area contributed by atoms with Crippen LogP contribution in [0.3, 0.4) is 0 Å². The molecular weight excluding hydrogens is 350 g/mol. The van der Waals surface area contributed by atoms with Gasteiger partial charge in [0.25, 0.3) is 5.56 Å². The van der Waals surface area contributed by atoms with Crippen molar-refractivity contribution in [2.45, 2.75) is 43.9 Å². The van der Waals surface area contributed by atoms with Gasteiger partial charge in [0.1, 0.15) is 0 Å². The summed E-state index contributed by atoms with van der Waals surface area (Å²) in [5.41, 5.74) is 3.85. The predicted molar refractivity (Wildman–Crippen MR) is 109 cm³/mol. The van der Waals surface area contributed by atoms with Gasteiger partial charge in [-0.2, -0.15) is 0 Å². The van der Waals surface area contributed by atoms with E-state index in [9.17, 15) is 4.79 Å². The standard InChI is InChI=1S/C21H24ClNOS/c1-3-15-8-10-19(23-21(15)24)17(12-14-6-4-5-7-14)16-9-11-20(25-2)18(22)13-16/h8-14H,3-7H2,1-2H3,(H,23,24). The molecule has 4 heteroatoms. The zero-order chi connectivity index (χ0) is 17.8. The molecule has 0 amide bonds. The van der Waals surface area contributed by atoms with Gasteiger partial charge < -0.3 is 4.98 Å². The van der Waals surface area contributed by atoms with Crippen LogP contribution in [0.1, 0.15) is 49.4 Å². The molecule has 0 atom stereocenters. The second kappa shape index (κ2) is 8.29. The van der Waals surface area contributed by atoms with Crippen molar-refractivity contribution in [2.24, 2.45) is 5.92 Å². The van der Waals surface area contributed by atoms with Crippen molar-refractivity contribution in [3.05, 3.63) is 68.6 Å². The molecule has 0 bridgehead atoms. The Morgan fingerprint density at radius 2 is 2.04 bits per heavy atom. The molecule has 0 radical (unpaired) electrons. The summed E-state index contributed by atoms with van der Waals surface area (Å²) < 4.78 is 0. The van der Waals surface area contributed by atoms with Crippen LogP contribution in [0.25, 0.3) is 5.57 Å². The zero-order valence-electron chi connectivity index (χ0n) is 14.8. The van der Waals surface area contributed by atoms with Crippen LogP contribution in [-0.2, 0) is 6.42 Å². The third-order valence-corrected chi connectivity index (χ3v) is 6.15. The van der Waals surface area contributed by atoms with E-state index in [1.54, 1.807) is 11.8 Å². The minimum absolute atomic E-state index is 0.00385. The van der Waals surface area contributed by atoms with E-state index >= 15 is 0 Å². The van der Waals surface area contributed by atoms with Crippen LogP contribution in [0.15, 0.2) is 46.1 Å². The van der Waals surface area contributed by atoms with Crippen molar-refractivity contribution in [3.63, 3.8) is 0 Å². The summed E-state index contributed by atoms with van der Waals surface area (Å²) in [6.45, 7) is 2.00. The lowest BCUT2D eigenvalue weighted by molar-refractivity contribution is 0.687. The van der Waals surface area contributed by atoms with Gasteiger partial charge in [0.05, 0.1) is 5.02 Å². The summed E-state index contributed by atoms with van der Waals surface area (Å²) in [6.07, 6.45) is 10.1. The highest BCUT2D eigenvalue weighted by atomic mass is 35.5. The Morgan fingerprint density at radius 3 is 2.64 bits per heavy atom. The topological polar surface area (TPSA) is 32.9 Å². The normalized spacial score (nSPS) is 15.7. The monoisotopic (exact) mass is 373 g/mol. The van der Waals surface area contributed by atoms with Gasteiger partial charge in [-0.1, -0.05) is 49.6 Å². The molecular formula is C21H24ClNOS. The molecule has 0 aliphatic heterocycles. The maximum atomic E-state index is 12.3. The van der Waals surface area contributed by atoms with Gasteiger partial charge in [-0.3, -0.25) is 4.79 Å². The Balaban J connectivity index is 2.08. The van der Waals surface area contributed by atoms with Gasteiger partial charge in [-0.05, 0) is 55.2 Å². The van der Waals surface area contributed by atoms with Crippen LogP contribution >= 0.6 is 23.4 Å². The first-order chi connectivity index (χ1) is 12.1. The molecule has 2 nitrogen and oxygen atoms in total. The molecule has 0 spiro atoms. The Kier molecular flexibility index (Phi) is 6.08. The van der Waals surface area contributed by atoms with Crippen molar-refractivity contribution in [2.75, 3.05) is 6.26 Å². The van der Waals surface area contributed by atoms with Gasteiger partial charge in [0.2, 0.25) is 0 Å². The SMILES string of the molecule is CCc1ccc(C(=CC2CCCC2)c2ccc(SC)c(Cl)c2)[nH]c1=O. The Labute approximate surface area is 158 Å². The maximum Gasteiger partial charge on any atom is 0.251 e. The molecule has 1 aromatic heterocycles. The summed E-state index contributed by atoms with van der Waals surface area (Å²) in [7, 11) is 0. The molecule has 1 heterocycles. The van der Waals surface area contributed by atoms with E-state index in [-0.39, 0.29) is 5.56 Å². The molecule has 1 aliphatic carbocycles.